The molecule has 108 valence electrons. The summed E-state index contributed by atoms with van der Waals surface area (Å²) in [7, 11) is 0. The molecule has 3 rings (SSSR count). The van der Waals surface area contributed by atoms with E-state index < -0.39 is 5.82 Å². The van der Waals surface area contributed by atoms with Crippen LogP contribution in [-0.2, 0) is 0 Å². The van der Waals surface area contributed by atoms with Crippen molar-refractivity contribution in [3.63, 3.8) is 0 Å². The fourth-order valence-corrected chi connectivity index (χ4v) is 2.55. The van der Waals surface area contributed by atoms with Crippen molar-refractivity contribution in [1.29, 1.82) is 0 Å². The maximum atomic E-state index is 14.0. The van der Waals surface area contributed by atoms with Crippen LogP contribution in [0.5, 0.6) is 5.75 Å². The number of aromatic amines is 1. The average molecular weight is 306 g/mol. The zero-order chi connectivity index (χ0) is 15.0. The van der Waals surface area contributed by atoms with Crippen LogP contribution in [0.2, 0.25) is 0 Å². The number of imidazole rings is 1. The molecule has 0 atom stereocenters. The summed E-state index contributed by atoms with van der Waals surface area (Å²) in [5.41, 5.74) is 1.76. The number of nitrogens with one attached hydrogen (secondary N) is 1. The molecule has 1 aromatic heterocycles. The van der Waals surface area contributed by atoms with Gasteiger partial charge >= 0.3 is 0 Å². The van der Waals surface area contributed by atoms with Crippen molar-refractivity contribution >= 4 is 23.3 Å². The number of fused-ring (bicyclic) bond motifs is 1. The van der Waals surface area contributed by atoms with Gasteiger partial charge in [-0.2, -0.15) is 0 Å². The minimum Gasteiger partial charge on any atom is -0.491 e. The summed E-state index contributed by atoms with van der Waals surface area (Å²) in [5.74, 6) is -0.683. The molecule has 0 saturated heterocycles. The van der Waals surface area contributed by atoms with Crippen LogP contribution in [0.3, 0.4) is 0 Å². The number of benzene rings is 2. The Morgan fingerprint density at radius 3 is 2.71 bits per heavy atom. The summed E-state index contributed by atoms with van der Waals surface area (Å²) < 4.78 is 34.5. The minimum atomic E-state index is -0.484. The highest BCUT2D eigenvalue weighted by Gasteiger charge is 2.10. The third-order valence-electron chi connectivity index (χ3n) is 3.12. The van der Waals surface area contributed by atoms with Gasteiger partial charge in [0, 0.05) is 12.1 Å². The standard InChI is InChI=1S/C15H12F2N2OS/c1-2-20-14-6-4-10(8-11(14)17)19-13-7-9(16)3-5-12(13)18-15(19)21/h3-8H,2H2,1H3,(H,18,21). The van der Waals surface area contributed by atoms with Crippen LogP contribution >= 0.6 is 12.2 Å². The Hall–Kier alpha value is -2.21. The number of nitrogens with zero attached hydrogens (tertiary/aromatic N) is 1. The lowest BCUT2D eigenvalue weighted by Crippen LogP contribution is -1.98. The summed E-state index contributed by atoms with van der Waals surface area (Å²) in [6.45, 7) is 2.17. The molecule has 0 unspecified atom stereocenters. The molecule has 21 heavy (non-hydrogen) atoms. The molecule has 3 nitrogen and oxygen atoms in total. The number of H-pyrrole nitrogens is 1. The van der Waals surface area contributed by atoms with Gasteiger partial charge in [0.1, 0.15) is 5.82 Å². The molecule has 0 bridgehead atoms. The van der Waals surface area contributed by atoms with Gasteiger partial charge in [-0.1, -0.05) is 0 Å². The molecule has 0 spiro atoms. The molecule has 0 aliphatic heterocycles. The highest BCUT2D eigenvalue weighted by molar-refractivity contribution is 7.71. The first kappa shape index (κ1) is 13.8. The predicted octanol–water partition coefficient (Wildman–Crippen LogP) is 4.36. The molecule has 2 aromatic carbocycles. The lowest BCUT2D eigenvalue weighted by atomic mass is 10.2. The number of hydrogen-bond donors (Lipinski definition) is 1. The lowest BCUT2D eigenvalue weighted by molar-refractivity contribution is 0.321. The van der Waals surface area contributed by atoms with E-state index in [4.69, 9.17) is 17.0 Å². The van der Waals surface area contributed by atoms with E-state index in [9.17, 15) is 8.78 Å². The second kappa shape index (κ2) is 5.29. The zero-order valence-corrected chi connectivity index (χ0v) is 12.0. The second-order valence-corrected chi connectivity index (χ2v) is 4.86. The van der Waals surface area contributed by atoms with Gasteiger partial charge in [-0.05, 0) is 43.4 Å². The molecule has 1 N–H and O–H groups in total. The van der Waals surface area contributed by atoms with E-state index in [1.807, 2.05) is 0 Å². The van der Waals surface area contributed by atoms with Crippen LogP contribution in [0.25, 0.3) is 16.7 Å². The van der Waals surface area contributed by atoms with Crippen molar-refractivity contribution in [2.75, 3.05) is 6.61 Å². The summed E-state index contributed by atoms with van der Waals surface area (Å²) in [5, 5.41) is 0. The maximum absolute atomic E-state index is 14.0. The van der Waals surface area contributed by atoms with Crippen molar-refractivity contribution in [2.24, 2.45) is 0 Å². The maximum Gasteiger partial charge on any atom is 0.182 e. The van der Waals surface area contributed by atoms with E-state index in [-0.39, 0.29) is 11.6 Å². The molecule has 1 heterocycles. The summed E-state index contributed by atoms with van der Waals surface area (Å²) >= 11 is 5.24. The Kier molecular flexibility index (Phi) is 3.47. The monoisotopic (exact) mass is 306 g/mol. The first-order chi connectivity index (χ1) is 10.1. The summed E-state index contributed by atoms with van der Waals surface area (Å²) in [6.07, 6.45) is 0. The Bertz CT molecular complexity index is 870. The Morgan fingerprint density at radius 2 is 2.00 bits per heavy atom. The van der Waals surface area contributed by atoms with Crippen LogP contribution in [-0.4, -0.2) is 16.2 Å². The minimum absolute atomic E-state index is 0.179. The molecule has 0 amide bonds. The van der Waals surface area contributed by atoms with Gasteiger partial charge in [0.25, 0.3) is 0 Å². The fraction of sp³-hybridized carbons (Fsp3) is 0.133. The Morgan fingerprint density at radius 1 is 1.19 bits per heavy atom. The number of rotatable bonds is 3. The van der Waals surface area contributed by atoms with Crippen molar-refractivity contribution in [1.82, 2.24) is 9.55 Å². The highest BCUT2D eigenvalue weighted by atomic mass is 32.1. The lowest BCUT2D eigenvalue weighted by Gasteiger charge is -2.08. The molecule has 0 aliphatic rings. The average Bonchev–Trinajstić information content (AvgIpc) is 2.76. The molecule has 3 aromatic rings. The van der Waals surface area contributed by atoms with Crippen LogP contribution in [0.1, 0.15) is 6.92 Å². The van der Waals surface area contributed by atoms with Gasteiger partial charge in [-0.25, -0.2) is 8.78 Å². The van der Waals surface area contributed by atoms with E-state index in [2.05, 4.69) is 4.98 Å². The van der Waals surface area contributed by atoms with Gasteiger partial charge in [-0.15, -0.1) is 0 Å². The molecule has 6 heteroatoms. The van der Waals surface area contributed by atoms with Crippen molar-refractivity contribution in [3.8, 4) is 11.4 Å². The number of aromatic nitrogens is 2. The fourth-order valence-electron chi connectivity index (χ4n) is 2.23. The molecular weight excluding hydrogens is 294 g/mol. The van der Waals surface area contributed by atoms with Gasteiger partial charge in [0.15, 0.2) is 16.3 Å². The van der Waals surface area contributed by atoms with E-state index in [1.165, 1.54) is 24.3 Å². The van der Waals surface area contributed by atoms with E-state index in [1.54, 1.807) is 23.6 Å². The third-order valence-corrected chi connectivity index (χ3v) is 3.40. The quantitative estimate of drug-likeness (QED) is 0.728. The number of halogens is 2. The van der Waals surface area contributed by atoms with Crippen LogP contribution in [0.15, 0.2) is 36.4 Å². The predicted molar refractivity (Wildman–Crippen MR) is 79.5 cm³/mol. The summed E-state index contributed by atoms with van der Waals surface area (Å²) in [4.78, 5) is 2.97. The van der Waals surface area contributed by atoms with E-state index in [0.29, 0.717) is 28.1 Å². The van der Waals surface area contributed by atoms with Crippen LogP contribution in [0.4, 0.5) is 8.78 Å². The van der Waals surface area contributed by atoms with Crippen molar-refractivity contribution < 1.29 is 13.5 Å². The summed E-state index contributed by atoms with van der Waals surface area (Å²) in [6, 6.07) is 8.84. The van der Waals surface area contributed by atoms with Crippen LogP contribution in [0, 0.1) is 16.4 Å². The molecular formula is C15H12F2N2OS. The SMILES string of the molecule is CCOc1ccc(-n2c(=S)[nH]c3ccc(F)cc32)cc1F. The molecule has 0 fully saturated rings. The van der Waals surface area contributed by atoms with Crippen molar-refractivity contribution in [2.45, 2.75) is 6.92 Å². The van der Waals surface area contributed by atoms with Crippen LogP contribution < -0.4 is 4.74 Å². The van der Waals surface area contributed by atoms with Crippen molar-refractivity contribution in [3.05, 3.63) is 52.8 Å². The zero-order valence-electron chi connectivity index (χ0n) is 11.2. The number of ether oxygens (including phenoxy) is 1. The van der Waals surface area contributed by atoms with Gasteiger partial charge < -0.3 is 9.72 Å². The topological polar surface area (TPSA) is 29.9 Å². The Labute approximate surface area is 124 Å². The van der Waals surface area contributed by atoms with Gasteiger partial charge in [0.05, 0.1) is 23.3 Å². The molecule has 0 aliphatic carbocycles. The first-order valence-electron chi connectivity index (χ1n) is 6.43. The number of hydrogen-bond acceptors (Lipinski definition) is 2. The molecule has 0 saturated carbocycles. The smallest absolute Gasteiger partial charge is 0.182 e. The first-order valence-corrected chi connectivity index (χ1v) is 6.84. The molecule has 0 radical (unpaired) electrons. The van der Waals surface area contributed by atoms with E-state index in [0.717, 1.165) is 0 Å². The largest absolute Gasteiger partial charge is 0.491 e. The highest BCUT2D eigenvalue weighted by Crippen LogP contribution is 2.24. The van der Waals surface area contributed by atoms with E-state index >= 15 is 0 Å². The second-order valence-electron chi connectivity index (χ2n) is 4.47. The normalized spacial score (nSPS) is 11.0. The van der Waals surface area contributed by atoms with Gasteiger partial charge in [0.2, 0.25) is 0 Å². The third kappa shape index (κ3) is 2.42. The Balaban J connectivity index is 2.20. The van der Waals surface area contributed by atoms with Gasteiger partial charge in [-0.3, -0.25) is 4.57 Å².